The van der Waals surface area contributed by atoms with E-state index in [0.717, 1.165) is 9.13 Å². The lowest BCUT2D eigenvalue weighted by atomic mass is 10.0. The molecule has 0 saturated carbocycles. The van der Waals surface area contributed by atoms with Crippen LogP contribution in [0.1, 0.15) is 16.7 Å². The zero-order valence-corrected chi connectivity index (χ0v) is 11.4. The Hall–Kier alpha value is -2.44. The molecule has 7 heteroatoms. The molecular formula is C14H12F2N2O3. The highest BCUT2D eigenvalue weighted by atomic mass is 19.3. The zero-order valence-electron chi connectivity index (χ0n) is 11.4. The molecule has 5 nitrogen and oxygen atoms in total. The molecule has 0 fully saturated rings. The summed E-state index contributed by atoms with van der Waals surface area (Å²) >= 11 is 0. The van der Waals surface area contributed by atoms with Gasteiger partial charge in [-0.05, 0) is 11.6 Å². The number of halogens is 2. The molecular weight excluding hydrogens is 282 g/mol. The third-order valence-corrected chi connectivity index (χ3v) is 3.62. The minimum absolute atomic E-state index is 0.0120. The molecule has 1 aliphatic rings. The lowest BCUT2D eigenvalue weighted by molar-refractivity contribution is -0.188. The van der Waals surface area contributed by atoms with Crippen molar-refractivity contribution in [2.24, 2.45) is 14.1 Å². The first-order chi connectivity index (χ1) is 9.83. The summed E-state index contributed by atoms with van der Waals surface area (Å²) in [5.41, 5.74) is -1.28. The largest absolute Gasteiger partial charge is 0.428 e. The number of hydrogen-bond donors (Lipinski definition) is 0. The average molecular weight is 294 g/mol. The van der Waals surface area contributed by atoms with Gasteiger partial charge < -0.3 is 4.74 Å². The van der Waals surface area contributed by atoms with Crippen molar-refractivity contribution in [2.75, 3.05) is 0 Å². The summed E-state index contributed by atoms with van der Waals surface area (Å²) in [7, 11) is 2.60. The summed E-state index contributed by atoms with van der Waals surface area (Å²) in [6.45, 7) is 0. The second kappa shape index (κ2) is 4.28. The Morgan fingerprint density at radius 1 is 1.14 bits per heavy atom. The molecule has 0 amide bonds. The summed E-state index contributed by atoms with van der Waals surface area (Å²) in [4.78, 5) is 24.0. The SMILES string of the molecule is Cn1c2c(c(=O)n(C)c1=O)Cc1ccccc1C(F)(F)O2. The van der Waals surface area contributed by atoms with Crippen molar-refractivity contribution in [1.29, 1.82) is 0 Å². The zero-order chi connectivity index (χ0) is 15.4. The van der Waals surface area contributed by atoms with Gasteiger partial charge in [0.15, 0.2) is 0 Å². The van der Waals surface area contributed by atoms with Gasteiger partial charge in [0.25, 0.3) is 5.56 Å². The van der Waals surface area contributed by atoms with Gasteiger partial charge in [-0.1, -0.05) is 18.2 Å². The first kappa shape index (κ1) is 13.5. The molecule has 0 bridgehead atoms. The van der Waals surface area contributed by atoms with Crippen molar-refractivity contribution in [1.82, 2.24) is 9.13 Å². The van der Waals surface area contributed by atoms with E-state index in [4.69, 9.17) is 4.74 Å². The molecule has 0 N–H and O–H groups in total. The van der Waals surface area contributed by atoms with E-state index in [2.05, 4.69) is 0 Å². The highest BCUT2D eigenvalue weighted by molar-refractivity contribution is 5.40. The number of nitrogens with zero attached hydrogens (tertiary/aromatic N) is 2. The van der Waals surface area contributed by atoms with Gasteiger partial charge in [0.1, 0.15) is 0 Å². The van der Waals surface area contributed by atoms with Crippen molar-refractivity contribution in [3.05, 3.63) is 61.8 Å². The van der Waals surface area contributed by atoms with Crippen LogP contribution in [0, 0.1) is 0 Å². The van der Waals surface area contributed by atoms with Gasteiger partial charge in [-0.3, -0.25) is 13.9 Å². The number of benzene rings is 1. The fraction of sp³-hybridized carbons (Fsp3) is 0.286. The van der Waals surface area contributed by atoms with E-state index < -0.39 is 17.4 Å². The van der Waals surface area contributed by atoms with Crippen LogP contribution >= 0.6 is 0 Å². The van der Waals surface area contributed by atoms with Crippen LogP contribution in [0.2, 0.25) is 0 Å². The molecule has 2 aromatic rings. The summed E-state index contributed by atoms with van der Waals surface area (Å²) < 4.78 is 35.0. The maximum absolute atomic E-state index is 14.2. The number of alkyl halides is 2. The number of hydrogen-bond acceptors (Lipinski definition) is 3. The van der Waals surface area contributed by atoms with Crippen LogP contribution in [0.25, 0.3) is 0 Å². The minimum Gasteiger partial charge on any atom is -0.412 e. The molecule has 0 aliphatic carbocycles. The predicted octanol–water partition coefficient (Wildman–Crippen LogP) is 1.12. The Morgan fingerprint density at radius 3 is 2.52 bits per heavy atom. The highest BCUT2D eigenvalue weighted by Crippen LogP contribution is 2.38. The number of aromatic nitrogens is 2. The molecule has 0 atom stereocenters. The standard InChI is InChI=1S/C14H12F2N2O3/c1-17-11(19)9-7-8-5-3-4-6-10(8)14(15,16)21-12(9)18(2)13(17)20/h3-6H,7H2,1-2H3. The van der Waals surface area contributed by atoms with Crippen molar-refractivity contribution in [2.45, 2.75) is 12.5 Å². The maximum Gasteiger partial charge on any atom is 0.428 e. The van der Waals surface area contributed by atoms with Crippen LogP contribution < -0.4 is 16.0 Å². The Labute approximate surface area is 118 Å². The molecule has 2 heterocycles. The lowest BCUT2D eigenvalue weighted by Crippen LogP contribution is -2.40. The van der Waals surface area contributed by atoms with E-state index in [0.29, 0.717) is 5.56 Å². The molecule has 0 spiro atoms. The second-order valence-electron chi connectivity index (χ2n) is 4.94. The molecule has 0 unspecified atom stereocenters. The minimum atomic E-state index is -3.60. The number of fused-ring (bicyclic) bond motifs is 2. The fourth-order valence-corrected chi connectivity index (χ4v) is 2.50. The third kappa shape index (κ3) is 1.88. The molecule has 1 aliphatic heterocycles. The average Bonchev–Trinajstić information content (AvgIpc) is 2.58. The highest BCUT2D eigenvalue weighted by Gasteiger charge is 2.41. The van der Waals surface area contributed by atoms with E-state index in [9.17, 15) is 18.4 Å². The van der Waals surface area contributed by atoms with Gasteiger partial charge in [0, 0.05) is 20.5 Å². The smallest absolute Gasteiger partial charge is 0.412 e. The van der Waals surface area contributed by atoms with E-state index in [1.807, 2.05) is 0 Å². The van der Waals surface area contributed by atoms with Crippen LogP contribution in [0.5, 0.6) is 5.88 Å². The molecule has 110 valence electrons. The van der Waals surface area contributed by atoms with Crippen LogP contribution in [0.3, 0.4) is 0 Å². The summed E-state index contributed by atoms with van der Waals surface area (Å²) in [5, 5.41) is 0. The molecule has 0 saturated heterocycles. The number of rotatable bonds is 0. The maximum atomic E-state index is 14.2. The molecule has 21 heavy (non-hydrogen) atoms. The van der Waals surface area contributed by atoms with Crippen LogP contribution in [0.15, 0.2) is 33.9 Å². The fourth-order valence-electron chi connectivity index (χ4n) is 2.50. The van der Waals surface area contributed by atoms with Crippen molar-refractivity contribution in [3.8, 4) is 5.88 Å². The van der Waals surface area contributed by atoms with E-state index in [1.165, 1.54) is 32.3 Å². The summed E-state index contributed by atoms with van der Waals surface area (Å²) in [5.74, 6) is -0.385. The van der Waals surface area contributed by atoms with Crippen molar-refractivity contribution < 1.29 is 13.5 Å². The topological polar surface area (TPSA) is 53.2 Å². The predicted molar refractivity (Wildman–Crippen MR) is 70.7 cm³/mol. The Morgan fingerprint density at radius 2 is 1.81 bits per heavy atom. The van der Waals surface area contributed by atoms with Crippen LogP contribution in [0.4, 0.5) is 8.78 Å². The van der Waals surface area contributed by atoms with E-state index in [1.54, 1.807) is 6.07 Å². The lowest BCUT2D eigenvalue weighted by Gasteiger charge is -2.19. The van der Waals surface area contributed by atoms with Crippen molar-refractivity contribution >= 4 is 0 Å². The van der Waals surface area contributed by atoms with Crippen LogP contribution in [-0.4, -0.2) is 9.13 Å². The first-order valence-corrected chi connectivity index (χ1v) is 6.27. The van der Waals surface area contributed by atoms with Gasteiger partial charge in [-0.2, -0.15) is 8.78 Å². The Bertz CT molecular complexity index is 852. The van der Waals surface area contributed by atoms with Gasteiger partial charge >= 0.3 is 11.8 Å². The molecule has 0 radical (unpaired) electrons. The Kier molecular flexibility index (Phi) is 2.76. The summed E-state index contributed by atoms with van der Waals surface area (Å²) in [6, 6.07) is 5.87. The molecule has 3 rings (SSSR count). The van der Waals surface area contributed by atoms with Crippen molar-refractivity contribution in [3.63, 3.8) is 0 Å². The quantitative estimate of drug-likeness (QED) is 0.731. The van der Waals surface area contributed by atoms with Gasteiger partial charge in [0.05, 0.1) is 11.1 Å². The van der Waals surface area contributed by atoms with E-state index in [-0.39, 0.29) is 23.4 Å². The monoisotopic (exact) mass is 294 g/mol. The molecule has 1 aromatic heterocycles. The first-order valence-electron chi connectivity index (χ1n) is 6.27. The van der Waals surface area contributed by atoms with Gasteiger partial charge in [-0.15, -0.1) is 0 Å². The number of ether oxygens (including phenoxy) is 1. The normalized spacial score (nSPS) is 15.6. The molecule has 1 aromatic carbocycles. The van der Waals surface area contributed by atoms with E-state index >= 15 is 0 Å². The van der Waals surface area contributed by atoms with Crippen LogP contribution in [-0.2, 0) is 26.6 Å². The van der Waals surface area contributed by atoms with Gasteiger partial charge in [0.2, 0.25) is 5.88 Å². The Balaban J connectivity index is 2.38. The third-order valence-electron chi connectivity index (χ3n) is 3.62. The van der Waals surface area contributed by atoms with Gasteiger partial charge in [-0.25, -0.2) is 4.79 Å². The second-order valence-corrected chi connectivity index (χ2v) is 4.94. The summed E-state index contributed by atoms with van der Waals surface area (Å²) in [6.07, 6.45) is -3.61.